The van der Waals surface area contributed by atoms with Crippen LogP contribution in [0.4, 0.5) is 11.4 Å². The Morgan fingerprint density at radius 3 is 2.90 bits per heavy atom. The Hall–Kier alpha value is -2.11. The first-order valence-corrected chi connectivity index (χ1v) is 7.46. The van der Waals surface area contributed by atoms with E-state index >= 15 is 0 Å². The summed E-state index contributed by atoms with van der Waals surface area (Å²) in [5.74, 6) is -0.239. The summed E-state index contributed by atoms with van der Waals surface area (Å²) >= 11 is 7.26. The molecule has 6 heteroatoms. The van der Waals surface area contributed by atoms with Gasteiger partial charge in [-0.15, -0.1) is 11.3 Å². The molecule has 0 spiro atoms. The van der Waals surface area contributed by atoms with Crippen LogP contribution in [0.1, 0.15) is 15.2 Å². The lowest BCUT2D eigenvalue weighted by atomic mass is 10.2. The molecule has 3 rings (SSSR count). The number of aromatic nitrogens is 1. The number of pyridine rings is 1. The van der Waals surface area contributed by atoms with Gasteiger partial charge >= 0.3 is 0 Å². The molecule has 1 aromatic carbocycles. The predicted octanol–water partition coefficient (Wildman–Crippen LogP) is 4.09. The number of nitrogen functional groups attached to an aromatic ring is 1. The average Bonchev–Trinajstić information content (AvgIpc) is 2.81. The first kappa shape index (κ1) is 13.9. The fourth-order valence-corrected chi connectivity index (χ4v) is 3.11. The summed E-state index contributed by atoms with van der Waals surface area (Å²) < 4.78 is 0. The third kappa shape index (κ3) is 2.57. The number of carbonyl (C=O) groups is 1. The van der Waals surface area contributed by atoms with E-state index in [1.165, 1.54) is 11.3 Å². The lowest BCUT2D eigenvalue weighted by Crippen LogP contribution is -2.12. The van der Waals surface area contributed by atoms with Crippen molar-refractivity contribution in [3.05, 3.63) is 52.0 Å². The molecule has 2 aromatic heterocycles. The summed E-state index contributed by atoms with van der Waals surface area (Å²) in [7, 11) is 0. The summed E-state index contributed by atoms with van der Waals surface area (Å²) in [6.07, 6.45) is 1.68. The molecule has 3 aromatic rings. The van der Waals surface area contributed by atoms with Gasteiger partial charge in [0.05, 0.1) is 5.69 Å². The lowest BCUT2D eigenvalue weighted by molar-refractivity contribution is 0.103. The van der Waals surface area contributed by atoms with E-state index < -0.39 is 0 Å². The molecule has 1 amide bonds. The molecule has 0 aliphatic heterocycles. The molecule has 0 radical (unpaired) electrons. The maximum atomic E-state index is 12.4. The molecular formula is C15H12ClN3OS. The van der Waals surface area contributed by atoms with Crippen molar-refractivity contribution in [2.45, 2.75) is 6.92 Å². The number of benzene rings is 1. The van der Waals surface area contributed by atoms with E-state index in [0.717, 1.165) is 15.8 Å². The monoisotopic (exact) mass is 317 g/mol. The third-order valence-corrected chi connectivity index (χ3v) is 4.68. The highest BCUT2D eigenvalue weighted by molar-refractivity contribution is 7.21. The number of anilines is 2. The van der Waals surface area contributed by atoms with Gasteiger partial charge < -0.3 is 11.1 Å². The Morgan fingerprint density at radius 2 is 2.19 bits per heavy atom. The summed E-state index contributed by atoms with van der Waals surface area (Å²) in [6.45, 7) is 1.88. The molecule has 21 heavy (non-hydrogen) atoms. The zero-order valence-electron chi connectivity index (χ0n) is 11.2. The van der Waals surface area contributed by atoms with Crippen LogP contribution in [0.3, 0.4) is 0 Å². The third-order valence-electron chi connectivity index (χ3n) is 3.13. The molecular weight excluding hydrogens is 306 g/mol. The van der Waals surface area contributed by atoms with E-state index in [0.29, 0.717) is 21.3 Å². The minimum Gasteiger partial charge on any atom is -0.397 e. The van der Waals surface area contributed by atoms with E-state index in [1.807, 2.05) is 19.1 Å². The number of amides is 1. The summed E-state index contributed by atoms with van der Waals surface area (Å²) in [6, 6.07) is 8.99. The van der Waals surface area contributed by atoms with Crippen molar-refractivity contribution in [2.24, 2.45) is 0 Å². The Bertz CT molecular complexity index is 844. The van der Waals surface area contributed by atoms with Crippen LogP contribution in [0.2, 0.25) is 5.02 Å². The number of hydrogen-bond acceptors (Lipinski definition) is 4. The summed E-state index contributed by atoms with van der Waals surface area (Å²) in [5, 5.41) is 4.30. The highest BCUT2D eigenvalue weighted by Gasteiger charge is 2.17. The highest BCUT2D eigenvalue weighted by Crippen LogP contribution is 2.32. The van der Waals surface area contributed by atoms with Crippen molar-refractivity contribution in [3.63, 3.8) is 0 Å². The highest BCUT2D eigenvalue weighted by atomic mass is 35.5. The van der Waals surface area contributed by atoms with Gasteiger partial charge in [-0.3, -0.25) is 4.79 Å². The van der Waals surface area contributed by atoms with E-state index in [4.69, 9.17) is 17.3 Å². The Labute approximate surface area is 130 Å². The normalized spacial score (nSPS) is 10.8. The molecule has 0 unspecified atom stereocenters. The van der Waals surface area contributed by atoms with E-state index in [9.17, 15) is 4.79 Å². The number of thiophene rings is 1. The number of hydrogen-bond donors (Lipinski definition) is 2. The van der Waals surface area contributed by atoms with Crippen LogP contribution < -0.4 is 11.1 Å². The topological polar surface area (TPSA) is 68.0 Å². The van der Waals surface area contributed by atoms with Gasteiger partial charge in [0.1, 0.15) is 9.71 Å². The smallest absolute Gasteiger partial charge is 0.267 e. The number of fused-ring (bicyclic) bond motifs is 1. The molecule has 0 saturated carbocycles. The van der Waals surface area contributed by atoms with E-state index in [2.05, 4.69) is 10.3 Å². The van der Waals surface area contributed by atoms with Crippen molar-refractivity contribution in [1.82, 2.24) is 4.98 Å². The number of rotatable bonds is 2. The largest absolute Gasteiger partial charge is 0.397 e. The van der Waals surface area contributed by atoms with Crippen LogP contribution in [0.25, 0.3) is 10.2 Å². The van der Waals surface area contributed by atoms with Gasteiger partial charge in [-0.25, -0.2) is 4.98 Å². The van der Waals surface area contributed by atoms with Crippen molar-refractivity contribution < 1.29 is 4.79 Å². The predicted molar refractivity (Wildman–Crippen MR) is 88.2 cm³/mol. The Morgan fingerprint density at radius 1 is 1.38 bits per heavy atom. The molecule has 106 valence electrons. The molecule has 4 nitrogen and oxygen atoms in total. The molecule has 0 saturated heterocycles. The molecule has 3 N–H and O–H groups in total. The number of aryl methyl sites for hydroxylation is 1. The Balaban J connectivity index is 1.93. The first-order valence-electron chi connectivity index (χ1n) is 6.27. The average molecular weight is 318 g/mol. The maximum absolute atomic E-state index is 12.4. The second kappa shape index (κ2) is 5.35. The first-order chi connectivity index (χ1) is 10.1. The van der Waals surface area contributed by atoms with E-state index in [1.54, 1.807) is 24.4 Å². The van der Waals surface area contributed by atoms with Crippen LogP contribution in [-0.4, -0.2) is 10.9 Å². The van der Waals surface area contributed by atoms with Gasteiger partial charge in [-0.2, -0.15) is 0 Å². The van der Waals surface area contributed by atoms with Crippen molar-refractivity contribution in [1.29, 1.82) is 0 Å². The zero-order chi connectivity index (χ0) is 15.0. The molecule has 0 bridgehead atoms. The van der Waals surface area contributed by atoms with Crippen LogP contribution in [0.15, 0.2) is 36.5 Å². The molecule has 0 aliphatic rings. The van der Waals surface area contributed by atoms with Gasteiger partial charge in [0.2, 0.25) is 0 Å². The van der Waals surface area contributed by atoms with Gasteiger partial charge in [-0.05, 0) is 42.8 Å². The molecule has 0 atom stereocenters. The fourth-order valence-electron chi connectivity index (χ4n) is 2.03. The van der Waals surface area contributed by atoms with Crippen LogP contribution >= 0.6 is 22.9 Å². The second-order valence-corrected chi connectivity index (χ2v) is 6.03. The van der Waals surface area contributed by atoms with Crippen molar-refractivity contribution in [3.8, 4) is 0 Å². The second-order valence-electron chi connectivity index (χ2n) is 4.62. The van der Waals surface area contributed by atoms with E-state index in [-0.39, 0.29) is 5.91 Å². The number of halogens is 1. The SMILES string of the molecule is Cc1cc(NC(=O)c2sc3ncccc3c2N)ccc1Cl. The van der Waals surface area contributed by atoms with Gasteiger partial charge in [-0.1, -0.05) is 11.6 Å². The molecule has 0 fully saturated rings. The Kier molecular flexibility index (Phi) is 3.53. The molecule has 0 aliphatic carbocycles. The number of nitrogens with two attached hydrogens (primary N) is 1. The van der Waals surface area contributed by atoms with Crippen LogP contribution in [0.5, 0.6) is 0 Å². The summed E-state index contributed by atoms with van der Waals surface area (Å²) in [4.78, 5) is 17.8. The lowest BCUT2D eigenvalue weighted by Gasteiger charge is -2.06. The fraction of sp³-hybridized carbons (Fsp3) is 0.0667. The minimum absolute atomic E-state index is 0.239. The molecule has 2 heterocycles. The minimum atomic E-state index is -0.239. The quantitative estimate of drug-likeness (QED) is 0.748. The van der Waals surface area contributed by atoms with Crippen LogP contribution in [-0.2, 0) is 0 Å². The zero-order valence-corrected chi connectivity index (χ0v) is 12.8. The van der Waals surface area contributed by atoms with Crippen LogP contribution in [0, 0.1) is 6.92 Å². The van der Waals surface area contributed by atoms with Crippen molar-refractivity contribution in [2.75, 3.05) is 11.1 Å². The number of carbonyl (C=O) groups excluding carboxylic acids is 1. The number of nitrogens with one attached hydrogen (secondary N) is 1. The van der Waals surface area contributed by atoms with Crippen molar-refractivity contribution >= 4 is 50.4 Å². The summed E-state index contributed by atoms with van der Waals surface area (Å²) in [5.41, 5.74) is 8.09. The van der Waals surface area contributed by atoms with Gasteiger partial charge in [0.25, 0.3) is 5.91 Å². The van der Waals surface area contributed by atoms with Gasteiger partial charge in [0.15, 0.2) is 0 Å². The number of nitrogens with zero attached hydrogens (tertiary/aromatic N) is 1. The van der Waals surface area contributed by atoms with Gasteiger partial charge in [0, 0.05) is 22.3 Å². The standard InChI is InChI=1S/C15H12ClN3OS/c1-8-7-9(4-5-11(8)16)19-14(20)13-12(17)10-3-2-6-18-15(10)21-13/h2-7H,17H2,1H3,(H,19,20). The maximum Gasteiger partial charge on any atom is 0.267 e.